The third-order valence-corrected chi connectivity index (χ3v) is 2.28. The van der Waals surface area contributed by atoms with E-state index in [1.165, 1.54) is 38.5 Å². The van der Waals surface area contributed by atoms with E-state index in [9.17, 15) is 5.11 Å². The van der Waals surface area contributed by atoms with Gasteiger partial charge in [0.1, 0.15) is 0 Å². The molecule has 1 N–H and O–H groups in total. The first-order valence-corrected chi connectivity index (χ1v) is 5.49. The summed E-state index contributed by atoms with van der Waals surface area (Å²) in [6, 6.07) is 0. The molecule has 12 heavy (non-hydrogen) atoms. The molecule has 0 saturated carbocycles. The van der Waals surface area contributed by atoms with Gasteiger partial charge in [0.05, 0.1) is 6.10 Å². The molecule has 0 aliphatic rings. The summed E-state index contributed by atoms with van der Waals surface area (Å²) in [6.07, 6.45) is 9.47. The number of hydrogen-bond acceptors (Lipinski definition) is 1. The van der Waals surface area contributed by atoms with Crippen molar-refractivity contribution in [2.24, 2.45) is 0 Å². The lowest BCUT2D eigenvalue weighted by Crippen LogP contribution is -2.05. The fourth-order valence-electron chi connectivity index (χ4n) is 1.39. The van der Waals surface area contributed by atoms with Gasteiger partial charge in [0, 0.05) is 0 Å². The summed E-state index contributed by atoms with van der Waals surface area (Å²) < 4.78 is 0. The van der Waals surface area contributed by atoms with E-state index < -0.39 is 0 Å². The highest BCUT2D eigenvalue weighted by Crippen LogP contribution is 2.09. The van der Waals surface area contributed by atoms with E-state index in [2.05, 4.69) is 13.8 Å². The van der Waals surface area contributed by atoms with Crippen molar-refractivity contribution in [3.63, 3.8) is 0 Å². The lowest BCUT2D eigenvalue weighted by molar-refractivity contribution is 0.148. The van der Waals surface area contributed by atoms with E-state index >= 15 is 0 Å². The van der Waals surface area contributed by atoms with Gasteiger partial charge in [-0.25, -0.2) is 0 Å². The zero-order chi connectivity index (χ0) is 9.23. The minimum Gasteiger partial charge on any atom is -0.393 e. The van der Waals surface area contributed by atoms with Crippen LogP contribution in [0.3, 0.4) is 0 Å². The predicted molar refractivity (Wildman–Crippen MR) is 54.3 cm³/mol. The van der Waals surface area contributed by atoms with Gasteiger partial charge < -0.3 is 5.11 Å². The molecule has 0 heterocycles. The second kappa shape index (κ2) is 9.05. The summed E-state index contributed by atoms with van der Waals surface area (Å²) in [5.74, 6) is 0. The molecule has 0 spiro atoms. The first kappa shape index (κ1) is 12.0. The number of unbranched alkanes of at least 4 members (excludes halogenated alkanes) is 4. The third-order valence-electron chi connectivity index (χ3n) is 2.28. The predicted octanol–water partition coefficient (Wildman–Crippen LogP) is 3.51. The highest BCUT2D eigenvalue weighted by atomic mass is 16.3. The van der Waals surface area contributed by atoms with E-state index in [1.54, 1.807) is 0 Å². The molecule has 74 valence electrons. The molecule has 1 atom stereocenters. The highest BCUT2D eigenvalue weighted by molar-refractivity contribution is 4.55. The Balaban J connectivity index is 3.02. The molecular formula is C11H24O. The standard InChI is InChI=1S/C11H24O/c1-3-5-7-8-10-11(12)9-6-4-2/h11-12H,3-10H2,1-2H3/t11-/m0/s1. The molecule has 1 heteroatoms. The van der Waals surface area contributed by atoms with Crippen LogP contribution in [0, 0.1) is 0 Å². The molecule has 0 aromatic carbocycles. The van der Waals surface area contributed by atoms with Crippen LogP contribution >= 0.6 is 0 Å². The monoisotopic (exact) mass is 172 g/mol. The van der Waals surface area contributed by atoms with Crippen molar-refractivity contribution in [2.45, 2.75) is 71.3 Å². The Morgan fingerprint density at radius 1 is 0.833 bits per heavy atom. The molecule has 0 aromatic heterocycles. The van der Waals surface area contributed by atoms with Crippen LogP contribution in [0.25, 0.3) is 0 Å². The first-order valence-electron chi connectivity index (χ1n) is 5.49. The van der Waals surface area contributed by atoms with Crippen LogP contribution in [-0.2, 0) is 0 Å². The molecule has 0 rings (SSSR count). The highest BCUT2D eigenvalue weighted by Gasteiger charge is 2.01. The van der Waals surface area contributed by atoms with Gasteiger partial charge in [0.15, 0.2) is 0 Å². The van der Waals surface area contributed by atoms with E-state index in [4.69, 9.17) is 0 Å². The van der Waals surface area contributed by atoms with Gasteiger partial charge in [-0.1, -0.05) is 52.4 Å². The van der Waals surface area contributed by atoms with Crippen molar-refractivity contribution in [3.8, 4) is 0 Å². The van der Waals surface area contributed by atoms with E-state index in [-0.39, 0.29) is 6.10 Å². The average molecular weight is 172 g/mol. The molecule has 0 bridgehead atoms. The van der Waals surface area contributed by atoms with Crippen molar-refractivity contribution in [2.75, 3.05) is 0 Å². The molecule has 0 aliphatic carbocycles. The second-order valence-electron chi connectivity index (χ2n) is 3.65. The van der Waals surface area contributed by atoms with Crippen molar-refractivity contribution in [1.82, 2.24) is 0 Å². The van der Waals surface area contributed by atoms with Crippen LogP contribution in [0.1, 0.15) is 65.2 Å². The van der Waals surface area contributed by atoms with Crippen LogP contribution in [0.2, 0.25) is 0 Å². The smallest absolute Gasteiger partial charge is 0.0540 e. The Morgan fingerprint density at radius 3 is 2.00 bits per heavy atom. The number of aliphatic hydroxyl groups excluding tert-OH is 1. The largest absolute Gasteiger partial charge is 0.393 e. The van der Waals surface area contributed by atoms with Gasteiger partial charge in [0.2, 0.25) is 0 Å². The minimum absolute atomic E-state index is 0.0261. The third kappa shape index (κ3) is 8.06. The number of rotatable bonds is 8. The molecule has 0 unspecified atom stereocenters. The van der Waals surface area contributed by atoms with Crippen molar-refractivity contribution < 1.29 is 5.11 Å². The normalized spacial score (nSPS) is 13.2. The van der Waals surface area contributed by atoms with Crippen LogP contribution in [0.15, 0.2) is 0 Å². The zero-order valence-corrected chi connectivity index (χ0v) is 8.68. The summed E-state index contributed by atoms with van der Waals surface area (Å²) in [6.45, 7) is 4.39. The van der Waals surface area contributed by atoms with Crippen LogP contribution in [-0.4, -0.2) is 11.2 Å². The van der Waals surface area contributed by atoms with Crippen molar-refractivity contribution >= 4 is 0 Å². The van der Waals surface area contributed by atoms with Crippen LogP contribution in [0.5, 0.6) is 0 Å². The van der Waals surface area contributed by atoms with Gasteiger partial charge in [-0.05, 0) is 12.8 Å². The summed E-state index contributed by atoms with van der Waals surface area (Å²) in [4.78, 5) is 0. The molecule has 0 radical (unpaired) electrons. The molecule has 0 saturated heterocycles. The second-order valence-corrected chi connectivity index (χ2v) is 3.65. The van der Waals surface area contributed by atoms with Gasteiger partial charge in [-0.2, -0.15) is 0 Å². The summed E-state index contributed by atoms with van der Waals surface area (Å²) in [5, 5.41) is 9.48. The van der Waals surface area contributed by atoms with E-state index in [0.717, 1.165) is 12.8 Å². The Morgan fingerprint density at radius 2 is 1.42 bits per heavy atom. The summed E-state index contributed by atoms with van der Waals surface area (Å²) in [5.41, 5.74) is 0. The fourth-order valence-corrected chi connectivity index (χ4v) is 1.39. The molecule has 0 aromatic rings. The van der Waals surface area contributed by atoms with Crippen LogP contribution in [0.4, 0.5) is 0 Å². The van der Waals surface area contributed by atoms with Gasteiger partial charge >= 0.3 is 0 Å². The van der Waals surface area contributed by atoms with Gasteiger partial charge in [-0.3, -0.25) is 0 Å². The summed E-state index contributed by atoms with van der Waals surface area (Å²) in [7, 11) is 0. The Labute approximate surface area is 77.2 Å². The Kier molecular flexibility index (Phi) is 9.02. The Bertz CT molecular complexity index is 81.1. The van der Waals surface area contributed by atoms with Crippen molar-refractivity contribution in [3.05, 3.63) is 0 Å². The van der Waals surface area contributed by atoms with E-state index in [1.807, 2.05) is 0 Å². The topological polar surface area (TPSA) is 20.2 Å². The maximum Gasteiger partial charge on any atom is 0.0540 e. The molecular weight excluding hydrogens is 148 g/mol. The molecule has 1 nitrogen and oxygen atoms in total. The van der Waals surface area contributed by atoms with Gasteiger partial charge in [0.25, 0.3) is 0 Å². The lowest BCUT2D eigenvalue weighted by Gasteiger charge is -2.08. The van der Waals surface area contributed by atoms with Crippen molar-refractivity contribution in [1.29, 1.82) is 0 Å². The fraction of sp³-hybridized carbons (Fsp3) is 1.00. The maximum atomic E-state index is 9.48. The SMILES string of the molecule is CCCCCC[C@@H](O)CCCC. The number of hydrogen-bond donors (Lipinski definition) is 1. The summed E-state index contributed by atoms with van der Waals surface area (Å²) >= 11 is 0. The number of aliphatic hydroxyl groups is 1. The molecule has 0 fully saturated rings. The Hall–Kier alpha value is -0.0400. The lowest BCUT2D eigenvalue weighted by atomic mass is 10.1. The minimum atomic E-state index is -0.0261. The quantitative estimate of drug-likeness (QED) is 0.555. The molecule has 0 amide bonds. The van der Waals surface area contributed by atoms with Gasteiger partial charge in [-0.15, -0.1) is 0 Å². The van der Waals surface area contributed by atoms with Crippen LogP contribution < -0.4 is 0 Å². The average Bonchev–Trinajstić information content (AvgIpc) is 2.09. The first-order chi connectivity index (χ1) is 5.81. The maximum absolute atomic E-state index is 9.48. The van der Waals surface area contributed by atoms with E-state index in [0.29, 0.717) is 0 Å². The zero-order valence-electron chi connectivity index (χ0n) is 8.68. The molecule has 0 aliphatic heterocycles.